The van der Waals surface area contributed by atoms with E-state index in [0.717, 1.165) is 31.9 Å². The molecule has 0 radical (unpaired) electrons. The van der Waals surface area contributed by atoms with E-state index in [9.17, 15) is 0 Å². The number of benzene rings is 1. The minimum atomic E-state index is 0.738. The van der Waals surface area contributed by atoms with Crippen molar-refractivity contribution in [3.63, 3.8) is 0 Å². The van der Waals surface area contributed by atoms with Gasteiger partial charge in [0.1, 0.15) is 12.4 Å². The van der Waals surface area contributed by atoms with Gasteiger partial charge in [-0.05, 0) is 54.7 Å². The molecule has 1 aromatic carbocycles. The van der Waals surface area contributed by atoms with Crippen LogP contribution < -0.4 is 10.1 Å². The molecule has 4 heteroatoms. The molecule has 2 rings (SSSR count). The van der Waals surface area contributed by atoms with Crippen LogP contribution in [0.3, 0.4) is 0 Å². The second-order valence-electron chi connectivity index (χ2n) is 4.27. The first-order valence-electron chi connectivity index (χ1n) is 5.50. The Morgan fingerprint density at radius 1 is 1.44 bits per heavy atom. The second kappa shape index (κ2) is 5.23. The number of hydrogen-bond acceptors (Lipinski definition) is 3. The monoisotopic (exact) mass is 332 g/mol. The zero-order chi connectivity index (χ0) is 11.5. The molecule has 0 amide bonds. The van der Waals surface area contributed by atoms with Crippen LogP contribution in [0.5, 0.6) is 5.75 Å². The number of nitrogens with zero attached hydrogens (tertiary/aromatic N) is 1. The van der Waals surface area contributed by atoms with Crippen LogP contribution in [0.25, 0.3) is 0 Å². The maximum absolute atomic E-state index is 5.78. The smallest absolute Gasteiger partial charge is 0.134 e. The first kappa shape index (κ1) is 12.0. The lowest BCUT2D eigenvalue weighted by molar-refractivity contribution is 0.260. The fourth-order valence-corrected chi connectivity index (χ4v) is 2.43. The number of hydrogen-bond donors (Lipinski definition) is 1. The number of nitrogens with one attached hydrogen (secondary N) is 1. The molecular weight excluding hydrogens is 315 g/mol. The summed E-state index contributed by atoms with van der Waals surface area (Å²) < 4.78 is 6.99. The van der Waals surface area contributed by atoms with Gasteiger partial charge in [-0.2, -0.15) is 0 Å². The van der Waals surface area contributed by atoms with Gasteiger partial charge in [0.05, 0.1) is 3.57 Å². The summed E-state index contributed by atoms with van der Waals surface area (Å²) in [5.74, 6) is 0.996. The van der Waals surface area contributed by atoms with Crippen molar-refractivity contribution in [2.24, 2.45) is 0 Å². The first-order valence-corrected chi connectivity index (χ1v) is 6.58. The molecule has 0 saturated heterocycles. The third-order valence-corrected chi connectivity index (χ3v) is 3.51. The van der Waals surface area contributed by atoms with E-state index in [4.69, 9.17) is 4.74 Å². The number of ether oxygens (including phenoxy) is 1. The van der Waals surface area contributed by atoms with Gasteiger partial charge >= 0.3 is 0 Å². The van der Waals surface area contributed by atoms with Gasteiger partial charge in [-0.3, -0.25) is 0 Å². The van der Waals surface area contributed by atoms with Gasteiger partial charge in [0, 0.05) is 24.8 Å². The van der Waals surface area contributed by atoms with Crippen molar-refractivity contribution < 1.29 is 4.74 Å². The maximum atomic E-state index is 5.78. The average Bonchev–Trinajstić information content (AvgIpc) is 2.64. The van der Waals surface area contributed by atoms with Crippen LogP contribution in [0.4, 0.5) is 5.69 Å². The van der Waals surface area contributed by atoms with Crippen LogP contribution in [0, 0.1) is 3.57 Å². The fourth-order valence-electron chi connectivity index (χ4n) is 1.75. The highest BCUT2D eigenvalue weighted by atomic mass is 127. The van der Waals surface area contributed by atoms with E-state index in [1.807, 2.05) is 0 Å². The molecule has 1 N–H and O–H groups in total. The van der Waals surface area contributed by atoms with Crippen molar-refractivity contribution in [2.75, 3.05) is 39.1 Å². The number of rotatable bonds is 4. The summed E-state index contributed by atoms with van der Waals surface area (Å²) in [5.41, 5.74) is 2.64. The normalized spacial score (nSPS) is 13.8. The lowest BCUT2D eigenvalue weighted by atomic mass is 10.1. The van der Waals surface area contributed by atoms with Gasteiger partial charge in [-0.1, -0.05) is 0 Å². The summed E-state index contributed by atoms with van der Waals surface area (Å²) in [6.07, 6.45) is 1.13. The van der Waals surface area contributed by atoms with E-state index in [1.54, 1.807) is 0 Å². The summed E-state index contributed by atoms with van der Waals surface area (Å²) in [6, 6.07) is 4.35. The molecule has 1 aliphatic rings. The molecule has 0 atom stereocenters. The third-order valence-electron chi connectivity index (χ3n) is 2.66. The minimum Gasteiger partial charge on any atom is -0.491 e. The molecule has 3 nitrogen and oxygen atoms in total. The number of halogens is 1. The van der Waals surface area contributed by atoms with E-state index >= 15 is 0 Å². The molecule has 0 bridgehead atoms. The fraction of sp³-hybridized carbons (Fsp3) is 0.500. The number of fused-ring (bicyclic) bond motifs is 1. The number of anilines is 1. The Balaban J connectivity index is 2.04. The van der Waals surface area contributed by atoms with E-state index in [2.05, 4.69) is 59.0 Å². The van der Waals surface area contributed by atoms with Crippen LogP contribution in [0.2, 0.25) is 0 Å². The lowest BCUT2D eigenvalue weighted by Crippen LogP contribution is -2.19. The minimum absolute atomic E-state index is 0.738. The van der Waals surface area contributed by atoms with Crippen molar-refractivity contribution in [2.45, 2.75) is 6.42 Å². The van der Waals surface area contributed by atoms with Crippen molar-refractivity contribution in [3.8, 4) is 5.75 Å². The summed E-state index contributed by atoms with van der Waals surface area (Å²) in [6.45, 7) is 2.73. The van der Waals surface area contributed by atoms with E-state index in [1.165, 1.54) is 14.8 Å². The van der Waals surface area contributed by atoms with E-state index < -0.39 is 0 Å². The maximum Gasteiger partial charge on any atom is 0.134 e. The Morgan fingerprint density at radius 2 is 2.25 bits per heavy atom. The van der Waals surface area contributed by atoms with Gasteiger partial charge in [0.15, 0.2) is 0 Å². The Bertz CT molecular complexity index is 380. The first-order chi connectivity index (χ1) is 7.66. The Morgan fingerprint density at radius 3 is 3.00 bits per heavy atom. The zero-order valence-corrected chi connectivity index (χ0v) is 11.9. The van der Waals surface area contributed by atoms with E-state index in [-0.39, 0.29) is 0 Å². The molecule has 1 heterocycles. The van der Waals surface area contributed by atoms with Crippen molar-refractivity contribution >= 4 is 28.3 Å². The molecule has 88 valence electrons. The quantitative estimate of drug-likeness (QED) is 0.856. The highest BCUT2D eigenvalue weighted by Gasteiger charge is 2.13. The molecule has 0 fully saturated rings. The van der Waals surface area contributed by atoms with Crippen LogP contribution in [-0.2, 0) is 6.42 Å². The molecule has 1 aromatic rings. The SMILES string of the molecule is CN(C)CCOc1cc2c(cc1I)CCN2. The van der Waals surface area contributed by atoms with Gasteiger partial charge in [0.25, 0.3) is 0 Å². The topological polar surface area (TPSA) is 24.5 Å². The van der Waals surface area contributed by atoms with Gasteiger partial charge in [-0.15, -0.1) is 0 Å². The van der Waals surface area contributed by atoms with Crippen molar-refractivity contribution in [3.05, 3.63) is 21.3 Å². The lowest BCUT2D eigenvalue weighted by Gasteiger charge is -2.13. The summed E-state index contributed by atoms with van der Waals surface area (Å²) >= 11 is 2.34. The predicted molar refractivity (Wildman–Crippen MR) is 75.4 cm³/mol. The van der Waals surface area contributed by atoms with E-state index in [0.29, 0.717) is 0 Å². The summed E-state index contributed by atoms with van der Waals surface area (Å²) in [7, 11) is 4.11. The molecule has 0 spiro atoms. The summed E-state index contributed by atoms with van der Waals surface area (Å²) in [4.78, 5) is 2.12. The van der Waals surface area contributed by atoms with Crippen LogP contribution >= 0.6 is 22.6 Å². The van der Waals surface area contributed by atoms with Crippen LogP contribution in [-0.4, -0.2) is 38.7 Å². The Kier molecular flexibility index (Phi) is 3.91. The third kappa shape index (κ3) is 2.79. The highest BCUT2D eigenvalue weighted by molar-refractivity contribution is 14.1. The Labute approximate surface area is 110 Å². The Hall–Kier alpha value is -0.490. The average molecular weight is 332 g/mol. The molecule has 1 aliphatic heterocycles. The largest absolute Gasteiger partial charge is 0.491 e. The van der Waals surface area contributed by atoms with Crippen molar-refractivity contribution in [1.82, 2.24) is 4.90 Å². The van der Waals surface area contributed by atoms with Crippen LogP contribution in [0.1, 0.15) is 5.56 Å². The summed E-state index contributed by atoms with van der Waals surface area (Å²) in [5, 5.41) is 3.37. The van der Waals surface area contributed by atoms with Crippen LogP contribution in [0.15, 0.2) is 12.1 Å². The predicted octanol–water partition coefficient (Wildman–Crippen LogP) is 2.20. The van der Waals surface area contributed by atoms with Gasteiger partial charge < -0.3 is 15.0 Å². The molecule has 0 aliphatic carbocycles. The number of likely N-dealkylation sites (N-methyl/N-ethyl adjacent to an activating group) is 1. The zero-order valence-electron chi connectivity index (χ0n) is 9.72. The molecule has 0 aromatic heterocycles. The molecular formula is C12H17IN2O. The van der Waals surface area contributed by atoms with Crippen molar-refractivity contribution in [1.29, 1.82) is 0 Å². The standard InChI is InChI=1S/C12H17IN2O/c1-15(2)5-6-16-12-8-11-9(3-4-14-11)7-10(12)13/h7-8,14H,3-6H2,1-2H3. The molecule has 0 saturated carbocycles. The molecule has 16 heavy (non-hydrogen) atoms. The second-order valence-corrected chi connectivity index (χ2v) is 5.43. The van der Waals surface area contributed by atoms with Gasteiger partial charge in [-0.25, -0.2) is 0 Å². The van der Waals surface area contributed by atoms with Gasteiger partial charge in [0.2, 0.25) is 0 Å². The molecule has 0 unspecified atom stereocenters. The highest BCUT2D eigenvalue weighted by Crippen LogP contribution is 2.31.